The predicted octanol–water partition coefficient (Wildman–Crippen LogP) is 4.95. The highest BCUT2D eigenvalue weighted by Crippen LogP contribution is 2.31. The number of amides is 1. The molecule has 1 aromatic carbocycles. The van der Waals surface area contributed by atoms with Gasteiger partial charge in [0.15, 0.2) is 0 Å². The van der Waals surface area contributed by atoms with Crippen LogP contribution in [0.2, 0.25) is 10.0 Å². The highest BCUT2D eigenvalue weighted by atomic mass is 35.5. The number of para-hydroxylation sites is 1. The van der Waals surface area contributed by atoms with Gasteiger partial charge in [-0.1, -0.05) is 29.3 Å². The molecule has 30 heavy (non-hydrogen) atoms. The van der Waals surface area contributed by atoms with Crippen LogP contribution in [0.3, 0.4) is 0 Å². The average molecular weight is 461 g/mol. The van der Waals surface area contributed by atoms with E-state index < -0.39 is 17.8 Å². The third kappa shape index (κ3) is 5.36. The van der Waals surface area contributed by atoms with E-state index in [2.05, 4.69) is 10.3 Å². The van der Waals surface area contributed by atoms with Gasteiger partial charge in [-0.05, 0) is 37.6 Å². The van der Waals surface area contributed by atoms with Crippen molar-refractivity contribution in [3.63, 3.8) is 0 Å². The molecule has 10 heteroatoms. The molecule has 2 heterocycles. The van der Waals surface area contributed by atoms with Gasteiger partial charge in [0.1, 0.15) is 5.82 Å². The highest BCUT2D eigenvalue weighted by Gasteiger charge is 2.31. The Morgan fingerprint density at radius 3 is 2.40 bits per heavy atom. The Hall–Kier alpha value is -2.03. The molecule has 0 bridgehead atoms. The summed E-state index contributed by atoms with van der Waals surface area (Å²) < 4.78 is 38.2. The van der Waals surface area contributed by atoms with E-state index in [0.29, 0.717) is 47.7 Å². The number of carbonyl (C=O) groups excluding carboxylic acids is 1. The molecule has 1 N–H and O–H groups in total. The molecular weight excluding hydrogens is 440 g/mol. The number of hydrogen-bond donors (Lipinski definition) is 1. The van der Waals surface area contributed by atoms with Crippen LogP contribution in [0, 0.1) is 0 Å². The minimum atomic E-state index is -4.41. The number of hydrogen-bond acceptors (Lipinski definition) is 4. The fourth-order valence-electron chi connectivity index (χ4n) is 3.31. The Labute approximate surface area is 182 Å². The van der Waals surface area contributed by atoms with Gasteiger partial charge in [0, 0.05) is 32.4 Å². The zero-order chi connectivity index (χ0) is 21.9. The first-order valence-corrected chi connectivity index (χ1v) is 10.2. The maximum absolute atomic E-state index is 12.7. The number of rotatable bonds is 4. The number of nitrogens with one attached hydrogen (secondary N) is 1. The number of pyridine rings is 1. The van der Waals surface area contributed by atoms with Crippen LogP contribution in [0.1, 0.15) is 18.9 Å². The molecule has 1 saturated heterocycles. The number of alkyl halides is 3. The summed E-state index contributed by atoms with van der Waals surface area (Å²) in [5.74, 6) is 0.260. The van der Waals surface area contributed by atoms with Gasteiger partial charge in [0.2, 0.25) is 5.91 Å². The van der Waals surface area contributed by atoms with E-state index in [1.165, 1.54) is 6.07 Å². The molecule has 0 aliphatic carbocycles. The molecule has 1 amide bonds. The molecule has 2 aromatic rings. The monoisotopic (exact) mass is 460 g/mol. The SMILES string of the molecule is CC(C(=O)Nc1c(Cl)cccc1Cl)N1CCCN(c2ccc(C(F)(F)F)cn2)CC1. The number of aromatic nitrogens is 1. The van der Waals surface area contributed by atoms with Crippen molar-refractivity contribution in [3.05, 3.63) is 52.1 Å². The molecule has 0 saturated carbocycles. The lowest BCUT2D eigenvalue weighted by Crippen LogP contribution is -2.44. The van der Waals surface area contributed by atoms with Crippen LogP contribution in [0.5, 0.6) is 0 Å². The number of anilines is 2. The molecule has 0 spiro atoms. The number of nitrogens with zero attached hydrogens (tertiary/aromatic N) is 3. The van der Waals surface area contributed by atoms with Crippen LogP contribution in [-0.4, -0.2) is 48.0 Å². The van der Waals surface area contributed by atoms with Gasteiger partial charge in [-0.25, -0.2) is 4.98 Å². The minimum absolute atomic E-state index is 0.230. The van der Waals surface area contributed by atoms with Crippen molar-refractivity contribution in [2.75, 3.05) is 36.4 Å². The van der Waals surface area contributed by atoms with Gasteiger partial charge in [-0.15, -0.1) is 0 Å². The smallest absolute Gasteiger partial charge is 0.355 e. The quantitative estimate of drug-likeness (QED) is 0.701. The van der Waals surface area contributed by atoms with Gasteiger partial charge in [-0.2, -0.15) is 13.2 Å². The number of benzene rings is 1. The maximum Gasteiger partial charge on any atom is 0.417 e. The average Bonchev–Trinajstić information content (AvgIpc) is 2.96. The topological polar surface area (TPSA) is 48.5 Å². The third-order valence-electron chi connectivity index (χ3n) is 5.07. The molecule has 1 aliphatic rings. The molecular formula is C20H21Cl2F3N4O. The Morgan fingerprint density at radius 2 is 1.80 bits per heavy atom. The van der Waals surface area contributed by atoms with Crippen molar-refractivity contribution >= 4 is 40.6 Å². The normalized spacial score (nSPS) is 16.8. The van der Waals surface area contributed by atoms with E-state index in [1.807, 2.05) is 9.80 Å². The van der Waals surface area contributed by atoms with Crippen LogP contribution in [0.15, 0.2) is 36.5 Å². The predicted molar refractivity (Wildman–Crippen MR) is 112 cm³/mol. The summed E-state index contributed by atoms with van der Waals surface area (Å²) in [6, 6.07) is 6.98. The summed E-state index contributed by atoms with van der Waals surface area (Å²) in [5.41, 5.74) is -0.394. The third-order valence-corrected chi connectivity index (χ3v) is 5.70. The number of carbonyl (C=O) groups is 1. The lowest BCUT2D eigenvalue weighted by molar-refractivity contribution is -0.137. The molecule has 3 rings (SSSR count). The van der Waals surface area contributed by atoms with Crippen molar-refractivity contribution < 1.29 is 18.0 Å². The fraction of sp³-hybridized carbons (Fsp3) is 0.400. The number of halogens is 5. The van der Waals surface area contributed by atoms with Gasteiger partial charge in [-0.3, -0.25) is 9.69 Å². The van der Waals surface area contributed by atoms with E-state index in [0.717, 1.165) is 18.7 Å². The van der Waals surface area contributed by atoms with Crippen LogP contribution in [-0.2, 0) is 11.0 Å². The summed E-state index contributed by atoms with van der Waals surface area (Å²) >= 11 is 12.2. The van der Waals surface area contributed by atoms with Crippen molar-refractivity contribution in [2.24, 2.45) is 0 Å². The van der Waals surface area contributed by atoms with E-state index in [1.54, 1.807) is 25.1 Å². The second-order valence-corrected chi connectivity index (χ2v) is 7.86. The van der Waals surface area contributed by atoms with Crippen LogP contribution in [0.4, 0.5) is 24.7 Å². The zero-order valence-electron chi connectivity index (χ0n) is 16.2. The lowest BCUT2D eigenvalue weighted by Gasteiger charge is -2.27. The second kappa shape index (κ2) is 9.41. The Bertz CT molecular complexity index is 872. The van der Waals surface area contributed by atoms with Gasteiger partial charge in [0.25, 0.3) is 0 Å². The van der Waals surface area contributed by atoms with Gasteiger partial charge >= 0.3 is 6.18 Å². The van der Waals surface area contributed by atoms with E-state index >= 15 is 0 Å². The van der Waals surface area contributed by atoms with Crippen molar-refractivity contribution in [2.45, 2.75) is 25.6 Å². The fourth-order valence-corrected chi connectivity index (χ4v) is 3.80. The first-order valence-electron chi connectivity index (χ1n) is 9.44. The Balaban J connectivity index is 1.62. The van der Waals surface area contributed by atoms with Crippen molar-refractivity contribution in [1.82, 2.24) is 9.88 Å². The molecule has 162 valence electrons. The van der Waals surface area contributed by atoms with E-state index in [-0.39, 0.29) is 5.91 Å². The van der Waals surface area contributed by atoms with Crippen LogP contribution in [0.25, 0.3) is 0 Å². The van der Waals surface area contributed by atoms with Crippen molar-refractivity contribution in [3.8, 4) is 0 Å². The highest BCUT2D eigenvalue weighted by molar-refractivity contribution is 6.39. The molecule has 1 aromatic heterocycles. The maximum atomic E-state index is 12.7. The molecule has 1 aliphatic heterocycles. The van der Waals surface area contributed by atoms with Crippen LogP contribution >= 0.6 is 23.2 Å². The lowest BCUT2D eigenvalue weighted by atomic mass is 10.2. The minimum Gasteiger partial charge on any atom is -0.355 e. The molecule has 1 atom stereocenters. The molecule has 1 fully saturated rings. The first kappa shape index (κ1) is 22.7. The molecule has 1 unspecified atom stereocenters. The Morgan fingerprint density at radius 1 is 1.10 bits per heavy atom. The van der Waals surface area contributed by atoms with Gasteiger partial charge < -0.3 is 10.2 Å². The van der Waals surface area contributed by atoms with Crippen molar-refractivity contribution in [1.29, 1.82) is 0 Å². The summed E-state index contributed by atoms with van der Waals surface area (Å²) in [6.45, 7) is 4.21. The standard InChI is InChI=1S/C20H21Cl2F3N4O/c1-13(19(30)27-18-15(21)4-2-5-16(18)22)28-8-3-9-29(11-10-28)17-7-6-14(12-26-17)20(23,24)25/h2,4-7,12-13H,3,8-11H2,1H3,(H,27,30). The Kier molecular flexibility index (Phi) is 7.10. The second-order valence-electron chi connectivity index (χ2n) is 7.04. The summed E-state index contributed by atoms with van der Waals surface area (Å²) in [6.07, 6.45) is -2.82. The summed E-state index contributed by atoms with van der Waals surface area (Å²) in [4.78, 5) is 20.6. The molecule has 0 radical (unpaired) electrons. The summed E-state index contributed by atoms with van der Waals surface area (Å²) in [7, 11) is 0. The van der Waals surface area contributed by atoms with E-state index in [4.69, 9.17) is 23.2 Å². The summed E-state index contributed by atoms with van der Waals surface area (Å²) in [5, 5.41) is 3.50. The van der Waals surface area contributed by atoms with E-state index in [9.17, 15) is 18.0 Å². The van der Waals surface area contributed by atoms with Gasteiger partial charge in [0.05, 0.1) is 27.3 Å². The zero-order valence-corrected chi connectivity index (χ0v) is 17.7. The first-order chi connectivity index (χ1) is 14.2. The molecule has 5 nitrogen and oxygen atoms in total. The largest absolute Gasteiger partial charge is 0.417 e. The van der Waals surface area contributed by atoms with Crippen LogP contribution < -0.4 is 10.2 Å².